The van der Waals surface area contributed by atoms with Crippen molar-refractivity contribution in [2.24, 2.45) is 0 Å². The molecule has 2 heteroatoms. The number of rotatable bonds is 0. The van der Waals surface area contributed by atoms with E-state index in [1.54, 1.807) is 0 Å². The van der Waals surface area contributed by atoms with Gasteiger partial charge in [-0.3, -0.25) is 4.98 Å². The molecule has 1 aromatic carbocycles. The molecule has 1 aromatic heterocycles. The number of para-hydroxylation sites is 1. The molecule has 1 nitrogen and oxygen atoms in total. The zero-order valence-corrected chi connectivity index (χ0v) is 7.22. The minimum absolute atomic E-state index is 0. The summed E-state index contributed by atoms with van der Waals surface area (Å²) in [5.41, 5.74) is 1.06. The second-order valence-electron chi connectivity index (χ2n) is 2.20. The molecule has 0 amide bonds. The lowest BCUT2D eigenvalue weighted by molar-refractivity contribution is 1.41. The summed E-state index contributed by atoms with van der Waals surface area (Å²) >= 11 is 0. The zero-order valence-electron chi connectivity index (χ0n) is 6.07. The summed E-state index contributed by atoms with van der Waals surface area (Å²) < 4.78 is 0. The molecule has 51 valence electrons. The van der Waals surface area contributed by atoms with E-state index >= 15 is 0 Å². The first-order valence-electron chi connectivity index (χ1n) is 3.26. The van der Waals surface area contributed by atoms with Crippen molar-refractivity contribution in [3.63, 3.8) is 0 Å². The van der Waals surface area contributed by atoms with Gasteiger partial charge in [0.2, 0.25) is 0 Å². The molecule has 11 heavy (non-hydrogen) atoms. The van der Waals surface area contributed by atoms with Crippen LogP contribution in [0.5, 0.6) is 0 Å². The van der Waals surface area contributed by atoms with Gasteiger partial charge in [-0.15, -0.1) is 0 Å². The van der Waals surface area contributed by atoms with Crippen LogP contribution in [0.1, 0.15) is 0 Å². The van der Waals surface area contributed by atoms with Gasteiger partial charge in [-0.05, 0) is 12.1 Å². The van der Waals surface area contributed by atoms with Crippen LogP contribution in [-0.2, 0) is 0 Å². The molecule has 0 aliphatic heterocycles. The normalized spacial score (nSPS) is 9.09. The fourth-order valence-corrected chi connectivity index (χ4v) is 1.02. The third-order valence-electron chi connectivity index (χ3n) is 1.51. The Morgan fingerprint density at radius 2 is 1.64 bits per heavy atom. The van der Waals surface area contributed by atoms with Gasteiger partial charge in [0.05, 0.1) is 5.52 Å². The average molecular weight is 156 g/mol. The van der Waals surface area contributed by atoms with Gasteiger partial charge in [-0.1, -0.05) is 24.3 Å². The molecule has 0 saturated heterocycles. The third-order valence-corrected chi connectivity index (χ3v) is 1.51. The van der Waals surface area contributed by atoms with Gasteiger partial charge in [-0.2, -0.15) is 0 Å². The second-order valence-corrected chi connectivity index (χ2v) is 2.20. The molecular weight excluding hydrogens is 149 g/mol. The van der Waals surface area contributed by atoms with E-state index in [1.165, 1.54) is 5.39 Å². The lowest BCUT2D eigenvalue weighted by Crippen LogP contribution is -1.73. The van der Waals surface area contributed by atoms with Crippen LogP contribution in [-0.4, -0.2) is 22.3 Å². The van der Waals surface area contributed by atoms with Gasteiger partial charge in [-0.25, -0.2) is 0 Å². The minimum Gasteiger partial charge on any atom is -0.256 e. The SMILES string of the molecule is [Al].c1ccc2ncccc2c1. The number of hydrogen-bond donors (Lipinski definition) is 0. The first-order valence-corrected chi connectivity index (χ1v) is 3.26. The molecule has 1 heterocycles. The Bertz CT molecular complexity index is 281. The Labute approximate surface area is 76.2 Å². The Morgan fingerprint density at radius 3 is 2.45 bits per heavy atom. The average Bonchev–Trinajstić information content (AvgIpc) is 2.05. The van der Waals surface area contributed by atoms with Crippen molar-refractivity contribution in [2.45, 2.75) is 0 Å². The summed E-state index contributed by atoms with van der Waals surface area (Å²) in [4.78, 5) is 4.18. The lowest BCUT2D eigenvalue weighted by Gasteiger charge is -1.91. The van der Waals surface area contributed by atoms with Crippen LogP contribution in [0.15, 0.2) is 42.6 Å². The number of aromatic nitrogens is 1. The first kappa shape index (κ1) is 8.26. The Balaban J connectivity index is 0.000000605. The van der Waals surface area contributed by atoms with Gasteiger partial charge < -0.3 is 0 Å². The summed E-state index contributed by atoms with van der Waals surface area (Å²) in [6, 6.07) is 12.1. The van der Waals surface area contributed by atoms with Crippen molar-refractivity contribution in [1.82, 2.24) is 4.98 Å². The highest BCUT2D eigenvalue weighted by molar-refractivity contribution is 5.77. The summed E-state index contributed by atoms with van der Waals surface area (Å²) in [7, 11) is 0. The fourth-order valence-electron chi connectivity index (χ4n) is 1.02. The molecule has 0 spiro atoms. The van der Waals surface area contributed by atoms with E-state index in [2.05, 4.69) is 17.1 Å². The molecule has 0 bridgehead atoms. The molecular formula is C9H7AlN. The Hall–Kier alpha value is -0.838. The maximum atomic E-state index is 4.18. The number of nitrogens with zero attached hydrogens (tertiary/aromatic N) is 1. The highest BCUT2D eigenvalue weighted by Gasteiger charge is 1.86. The van der Waals surface area contributed by atoms with Crippen LogP contribution in [0.25, 0.3) is 10.9 Å². The molecule has 3 radical (unpaired) electrons. The quantitative estimate of drug-likeness (QED) is 0.530. The van der Waals surface area contributed by atoms with Gasteiger partial charge in [0.25, 0.3) is 0 Å². The summed E-state index contributed by atoms with van der Waals surface area (Å²) in [6.07, 6.45) is 1.81. The van der Waals surface area contributed by atoms with E-state index < -0.39 is 0 Å². The van der Waals surface area contributed by atoms with Gasteiger partial charge in [0, 0.05) is 28.9 Å². The maximum absolute atomic E-state index is 4.18. The van der Waals surface area contributed by atoms with Crippen LogP contribution < -0.4 is 0 Å². The number of benzene rings is 1. The summed E-state index contributed by atoms with van der Waals surface area (Å²) in [5, 5.41) is 1.20. The number of hydrogen-bond acceptors (Lipinski definition) is 1. The second kappa shape index (κ2) is 3.52. The van der Waals surface area contributed by atoms with Crippen LogP contribution in [0.4, 0.5) is 0 Å². The first-order chi connectivity index (χ1) is 4.97. The largest absolute Gasteiger partial charge is 0.256 e. The summed E-state index contributed by atoms with van der Waals surface area (Å²) in [5.74, 6) is 0. The molecule has 0 aliphatic carbocycles. The van der Waals surface area contributed by atoms with Crippen LogP contribution in [0.3, 0.4) is 0 Å². The maximum Gasteiger partial charge on any atom is 0.0701 e. The highest BCUT2D eigenvalue weighted by atomic mass is 27.0. The third kappa shape index (κ3) is 1.60. The monoisotopic (exact) mass is 156 g/mol. The predicted molar refractivity (Wildman–Crippen MR) is 47.5 cm³/mol. The predicted octanol–water partition coefficient (Wildman–Crippen LogP) is 1.85. The molecule has 0 N–H and O–H groups in total. The summed E-state index contributed by atoms with van der Waals surface area (Å²) in [6.45, 7) is 0. The van der Waals surface area contributed by atoms with Crippen molar-refractivity contribution < 1.29 is 0 Å². The smallest absolute Gasteiger partial charge is 0.0701 e. The van der Waals surface area contributed by atoms with Crippen molar-refractivity contribution in [2.75, 3.05) is 0 Å². The minimum atomic E-state index is 0. The molecule has 0 unspecified atom stereocenters. The molecule has 0 aliphatic rings. The zero-order chi connectivity index (χ0) is 6.81. The van der Waals surface area contributed by atoms with Crippen molar-refractivity contribution in [3.8, 4) is 0 Å². The van der Waals surface area contributed by atoms with Crippen LogP contribution in [0, 0.1) is 0 Å². The van der Waals surface area contributed by atoms with Crippen molar-refractivity contribution in [1.29, 1.82) is 0 Å². The van der Waals surface area contributed by atoms with Crippen molar-refractivity contribution >= 4 is 28.3 Å². The molecule has 0 fully saturated rings. The topological polar surface area (TPSA) is 12.9 Å². The standard InChI is InChI=1S/C9H7N.Al/c1-2-6-9-8(4-1)5-3-7-10-9;/h1-7H;. The number of fused-ring (bicyclic) bond motifs is 1. The van der Waals surface area contributed by atoms with E-state index in [0.29, 0.717) is 0 Å². The molecule has 2 aromatic rings. The molecule has 0 saturated carbocycles. The van der Waals surface area contributed by atoms with E-state index in [-0.39, 0.29) is 17.4 Å². The fraction of sp³-hybridized carbons (Fsp3) is 0. The van der Waals surface area contributed by atoms with E-state index in [0.717, 1.165) is 5.52 Å². The van der Waals surface area contributed by atoms with Crippen LogP contribution >= 0.6 is 0 Å². The van der Waals surface area contributed by atoms with E-state index in [4.69, 9.17) is 0 Å². The lowest BCUT2D eigenvalue weighted by atomic mass is 10.2. The molecule has 2 rings (SSSR count). The van der Waals surface area contributed by atoms with Gasteiger partial charge in [0.1, 0.15) is 0 Å². The van der Waals surface area contributed by atoms with Crippen molar-refractivity contribution in [3.05, 3.63) is 42.6 Å². The van der Waals surface area contributed by atoms with Crippen LogP contribution in [0.2, 0.25) is 0 Å². The van der Waals surface area contributed by atoms with E-state index in [9.17, 15) is 0 Å². The highest BCUT2D eigenvalue weighted by Crippen LogP contribution is 2.07. The Morgan fingerprint density at radius 1 is 0.909 bits per heavy atom. The van der Waals surface area contributed by atoms with E-state index in [1.807, 2.05) is 30.5 Å². The van der Waals surface area contributed by atoms with Gasteiger partial charge >= 0.3 is 0 Å². The molecule has 0 atom stereocenters. The number of pyridine rings is 1. The van der Waals surface area contributed by atoms with Gasteiger partial charge in [0.15, 0.2) is 0 Å². The Kier molecular flexibility index (Phi) is 2.65.